The van der Waals surface area contributed by atoms with E-state index >= 15 is 0 Å². The maximum absolute atomic E-state index is 13.8. The maximum atomic E-state index is 13.8. The van der Waals surface area contributed by atoms with Crippen LogP contribution in [0.4, 0.5) is 4.39 Å². The molecule has 0 amide bonds. The van der Waals surface area contributed by atoms with E-state index in [1.807, 2.05) is 55.5 Å². The van der Waals surface area contributed by atoms with Crippen LogP contribution in [-0.2, 0) is 29.8 Å². The van der Waals surface area contributed by atoms with Gasteiger partial charge in [-0.05, 0) is 54.7 Å². The highest BCUT2D eigenvalue weighted by Crippen LogP contribution is 2.40. The summed E-state index contributed by atoms with van der Waals surface area (Å²) >= 11 is 0. The Morgan fingerprint density at radius 3 is 2.45 bits per heavy atom. The number of para-hydroxylation sites is 1. The first-order chi connectivity index (χ1) is 18.4. The monoisotopic (exact) mass is 510 g/mol. The minimum atomic E-state index is -1.61. The largest absolute Gasteiger partial charge is 0.481 e. The normalized spacial score (nSPS) is 16.8. The van der Waals surface area contributed by atoms with E-state index < -0.39 is 11.6 Å². The molecule has 0 radical (unpaired) electrons. The van der Waals surface area contributed by atoms with Gasteiger partial charge in [0.05, 0.1) is 24.4 Å². The lowest BCUT2D eigenvalue weighted by molar-refractivity contribution is -0.136. The third kappa shape index (κ3) is 3.88. The molecule has 5 aromatic rings. The first kappa shape index (κ1) is 24.1. The standard InChI is InChI=1S/C30H27FN4O3/c1-19-6-8-20(9-7-19)30(38,21-10-12-22(31)13-11-21)28-17-32-33-35(28)23-14-15-27-25(16-29(36)37)24-4-2-3-5-26(24)34(27)18-23/h2-13,17,23,38H,14-16,18H2,1H3,(H,36,37). The van der Waals surface area contributed by atoms with Crippen molar-refractivity contribution < 1.29 is 19.4 Å². The molecular formula is C30H27FN4O3. The number of fused-ring (bicyclic) bond motifs is 3. The highest BCUT2D eigenvalue weighted by atomic mass is 19.1. The van der Waals surface area contributed by atoms with Gasteiger partial charge in [0.2, 0.25) is 0 Å². The number of benzene rings is 3. The van der Waals surface area contributed by atoms with E-state index in [9.17, 15) is 19.4 Å². The van der Waals surface area contributed by atoms with Crippen molar-refractivity contribution in [3.63, 3.8) is 0 Å². The summed E-state index contributed by atoms with van der Waals surface area (Å²) in [5.74, 6) is -1.24. The van der Waals surface area contributed by atoms with Gasteiger partial charge in [-0.1, -0.05) is 65.4 Å². The van der Waals surface area contributed by atoms with Crippen molar-refractivity contribution in [3.8, 4) is 0 Å². The second kappa shape index (κ2) is 9.22. The van der Waals surface area contributed by atoms with Gasteiger partial charge in [0.15, 0.2) is 5.60 Å². The first-order valence-corrected chi connectivity index (χ1v) is 12.6. The van der Waals surface area contributed by atoms with Gasteiger partial charge in [-0.3, -0.25) is 4.79 Å². The Bertz CT molecular complexity index is 1590. The first-order valence-electron chi connectivity index (χ1n) is 12.6. The van der Waals surface area contributed by atoms with Gasteiger partial charge in [0, 0.05) is 23.1 Å². The molecule has 0 bridgehead atoms. The Morgan fingerprint density at radius 2 is 1.74 bits per heavy atom. The lowest BCUT2D eigenvalue weighted by atomic mass is 9.83. The fourth-order valence-corrected chi connectivity index (χ4v) is 5.80. The number of aromatic nitrogens is 4. The van der Waals surface area contributed by atoms with Gasteiger partial charge in [-0.15, -0.1) is 5.10 Å². The summed E-state index contributed by atoms with van der Waals surface area (Å²) in [4.78, 5) is 11.6. The lowest BCUT2D eigenvalue weighted by Crippen LogP contribution is -2.35. The molecule has 7 nitrogen and oxygen atoms in total. The predicted molar refractivity (Wildman–Crippen MR) is 140 cm³/mol. The Morgan fingerprint density at radius 1 is 1.05 bits per heavy atom. The summed E-state index contributed by atoms with van der Waals surface area (Å²) in [7, 11) is 0. The number of hydrogen-bond donors (Lipinski definition) is 2. The van der Waals surface area contributed by atoms with Crippen molar-refractivity contribution >= 4 is 16.9 Å². The molecule has 0 spiro atoms. The van der Waals surface area contributed by atoms with Crippen molar-refractivity contribution in [1.29, 1.82) is 0 Å². The van der Waals surface area contributed by atoms with Crippen molar-refractivity contribution in [2.24, 2.45) is 0 Å². The molecule has 0 saturated carbocycles. The SMILES string of the molecule is Cc1ccc(C(O)(c2ccc(F)cc2)c2cnnn2C2CCc3c(CC(=O)O)c4ccccc4n3C2)cc1. The van der Waals surface area contributed by atoms with Crippen LogP contribution in [0.2, 0.25) is 0 Å². The quantitative estimate of drug-likeness (QED) is 0.343. The van der Waals surface area contributed by atoms with Crippen LogP contribution in [-0.4, -0.2) is 35.7 Å². The average Bonchev–Trinajstić information content (AvgIpc) is 3.53. The topological polar surface area (TPSA) is 93.2 Å². The van der Waals surface area contributed by atoms with E-state index in [1.54, 1.807) is 23.0 Å². The van der Waals surface area contributed by atoms with Crippen LogP contribution in [0.5, 0.6) is 0 Å². The van der Waals surface area contributed by atoms with Crippen molar-refractivity contribution in [1.82, 2.24) is 19.6 Å². The van der Waals surface area contributed by atoms with E-state index in [4.69, 9.17) is 0 Å². The second-order valence-corrected chi connectivity index (χ2v) is 9.96. The van der Waals surface area contributed by atoms with Gasteiger partial charge in [0.25, 0.3) is 0 Å². The lowest BCUT2D eigenvalue weighted by Gasteiger charge is -2.33. The van der Waals surface area contributed by atoms with Crippen molar-refractivity contribution in [3.05, 3.63) is 118 Å². The van der Waals surface area contributed by atoms with Gasteiger partial charge < -0.3 is 14.8 Å². The minimum absolute atomic E-state index is 0.0279. The molecule has 1 aliphatic rings. The van der Waals surface area contributed by atoms with Crippen LogP contribution in [0.15, 0.2) is 79.0 Å². The van der Waals surface area contributed by atoms with E-state index in [0.717, 1.165) is 27.7 Å². The molecule has 6 rings (SSSR count). The molecule has 0 saturated heterocycles. The summed E-state index contributed by atoms with van der Waals surface area (Å²) in [6, 6.07) is 21.2. The van der Waals surface area contributed by atoms with Crippen molar-refractivity contribution in [2.45, 2.75) is 44.4 Å². The van der Waals surface area contributed by atoms with E-state index in [1.165, 1.54) is 12.1 Å². The second-order valence-electron chi connectivity index (χ2n) is 9.96. The van der Waals surface area contributed by atoms with Gasteiger partial charge in [-0.2, -0.15) is 0 Å². The molecule has 0 aliphatic carbocycles. The molecule has 8 heteroatoms. The Kier molecular flexibility index (Phi) is 5.84. The number of aryl methyl sites for hydroxylation is 1. The van der Waals surface area contributed by atoms with Crippen LogP contribution < -0.4 is 0 Å². The molecular weight excluding hydrogens is 483 g/mol. The summed E-state index contributed by atoms with van der Waals surface area (Å²) < 4.78 is 17.8. The zero-order chi connectivity index (χ0) is 26.4. The van der Waals surface area contributed by atoms with Gasteiger partial charge in [-0.25, -0.2) is 9.07 Å². The van der Waals surface area contributed by atoms with Crippen LogP contribution in [0, 0.1) is 12.7 Å². The van der Waals surface area contributed by atoms with E-state index in [-0.39, 0.29) is 18.3 Å². The number of rotatable bonds is 6. The fourth-order valence-electron chi connectivity index (χ4n) is 5.80. The van der Waals surface area contributed by atoms with Gasteiger partial charge in [0.1, 0.15) is 5.82 Å². The maximum Gasteiger partial charge on any atom is 0.307 e. The summed E-state index contributed by atoms with van der Waals surface area (Å²) in [6.07, 6.45) is 2.91. The van der Waals surface area contributed by atoms with Crippen LogP contribution in [0.1, 0.15) is 46.1 Å². The summed E-state index contributed by atoms with van der Waals surface area (Å²) in [6.45, 7) is 2.53. The van der Waals surface area contributed by atoms with Crippen LogP contribution >= 0.6 is 0 Å². The molecule has 2 unspecified atom stereocenters. The Labute approximate surface area is 218 Å². The number of carboxylic acid groups (broad SMARTS) is 1. The zero-order valence-electron chi connectivity index (χ0n) is 20.9. The highest BCUT2D eigenvalue weighted by Gasteiger charge is 2.40. The van der Waals surface area contributed by atoms with Crippen LogP contribution in [0.25, 0.3) is 10.9 Å². The molecule has 2 aromatic heterocycles. The number of aliphatic carboxylic acids is 1. The highest BCUT2D eigenvalue weighted by molar-refractivity contribution is 5.89. The Hall–Kier alpha value is -4.30. The predicted octanol–water partition coefficient (Wildman–Crippen LogP) is 4.78. The molecule has 3 aromatic carbocycles. The average molecular weight is 511 g/mol. The third-order valence-electron chi connectivity index (χ3n) is 7.65. The third-order valence-corrected chi connectivity index (χ3v) is 7.65. The molecule has 38 heavy (non-hydrogen) atoms. The molecule has 3 heterocycles. The smallest absolute Gasteiger partial charge is 0.307 e. The molecule has 1 aliphatic heterocycles. The Balaban J connectivity index is 1.46. The minimum Gasteiger partial charge on any atom is -0.481 e. The number of aliphatic hydroxyl groups is 1. The van der Waals surface area contributed by atoms with Crippen LogP contribution in [0.3, 0.4) is 0 Å². The summed E-state index contributed by atoms with van der Waals surface area (Å²) in [5.41, 5.74) is 3.94. The summed E-state index contributed by atoms with van der Waals surface area (Å²) in [5, 5.41) is 31.5. The number of carboxylic acids is 1. The number of carbonyl (C=O) groups is 1. The van der Waals surface area contributed by atoms with E-state index in [0.29, 0.717) is 36.2 Å². The van der Waals surface area contributed by atoms with Gasteiger partial charge >= 0.3 is 5.97 Å². The van der Waals surface area contributed by atoms with Crippen molar-refractivity contribution in [2.75, 3.05) is 0 Å². The molecule has 2 atom stereocenters. The molecule has 2 N–H and O–H groups in total. The van der Waals surface area contributed by atoms with E-state index in [2.05, 4.69) is 14.9 Å². The number of nitrogens with zero attached hydrogens (tertiary/aromatic N) is 4. The number of halogens is 1. The number of hydrogen-bond acceptors (Lipinski definition) is 4. The fraction of sp³-hybridized carbons (Fsp3) is 0.233. The zero-order valence-corrected chi connectivity index (χ0v) is 20.9. The molecule has 0 fully saturated rings. The molecule has 192 valence electrons.